The summed E-state index contributed by atoms with van der Waals surface area (Å²) in [5.41, 5.74) is 1.66. The Morgan fingerprint density at radius 3 is 1.28 bits per heavy atom. The van der Waals surface area contributed by atoms with Crippen molar-refractivity contribution < 1.29 is 47.6 Å². The number of benzene rings is 1. The molecule has 1 aromatic carbocycles. The van der Waals surface area contributed by atoms with Crippen LogP contribution in [0.1, 0.15) is 51.0 Å². The zero-order valence-electron chi connectivity index (χ0n) is 20.6. The largest absolute Gasteiger partial charge is 0.463 e. The Morgan fingerprint density at radius 1 is 0.611 bits per heavy atom. The van der Waals surface area contributed by atoms with Gasteiger partial charge in [0, 0.05) is 27.7 Å². The Bertz CT molecular complexity index is 931. The number of rotatable bonds is 8. The zero-order chi connectivity index (χ0) is 26.2. The van der Waals surface area contributed by atoms with Crippen LogP contribution in [-0.2, 0) is 47.6 Å². The van der Waals surface area contributed by atoms with Gasteiger partial charge >= 0.3 is 23.9 Å². The number of esters is 4. The predicted octanol–water partition coefficient (Wildman–Crippen LogP) is 2.67. The van der Waals surface area contributed by atoms with Crippen molar-refractivity contribution in [3.8, 4) is 0 Å². The van der Waals surface area contributed by atoms with Gasteiger partial charge in [0.25, 0.3) is 0 Å². The van der Waals surface area contributed by atoms with E-state index in [0.717, 1.165) is 11.1 Å². The third kappa shape index (κ3) is 7.76. The maximum absolute atomic E-state index is 11.4. The number of carbonyl (C=O) groups is 4. The van der Waals surface area contributed by atoms with Gasteiger partial charge in [-0.3, -0.25) is 19.2 Å². The monoisotopic (exact) mass is 502 g/mol. The van der Waals surface area contributed by atoms with Crippen LogP contribution in [0.15, 0.2) is 48.6 Å². The minimum absolute atomic E-state index is 0.0554. The molecule has 10 nitrogen and oxygen atoms in total. The SMILES string of the molecule is CC(=O)OC[C@H]1O[C@H](c2ccc([C@@H]3C=C[C@H](OC(C)=O)[C@@H](COC(C)=O)O3)cc2)C=C[C@@H]1OC(C)=O. The Labute approximate surface area is 209 Å². The minimum Gasteiger partial charge on any atom is -0.463 e. The van der Waals surface area contributed by atoms with Gasteiger partial charge in [-0.2, -0.15) is 0 Å². The van der Waals surface area contributed by atoms with Crippen molar-refractivity contribution in [2.45, 2.75) is 64.3 Å². The molecule has 0 unspecified atom stereocenters. The molecular formula is C26H30O10. The summed E-state index contributed by atoms with van der Waals surface area (Å²) in [4.78, 5) is 45.3. The van der Waals surface area contributed by atoms with Gasteiger partial charge in [-0.15, -0.1) is 0 Å². The van der Waals surface area contributed by atoms with Crippen molar-refractivity contribution in [3.05, 3.63) is 59.7 Å². The summed E-state index contributed by atoms with van der Waals surface area (Å²) >= 11 is 0. The van der Waals surface area contributed by atoms with Crippen LogP contribution in [0.3, 0.4) is 0 Å². The van der Waals surface area contributed by atoms with E-state index in [1.54, 1.807) is 24.3 Å². The number of hydrogen-bond acceptors (Lipinski definition) is 10. The van der Waals surface area contributed by atoms with Crippen LogP contribution in [0.4, 0.5) is 0 Å². The molecule has 6 atom stereocenters. The Kier molecular flexibility index (Phi) is 9.38. The molecule has 2 aliphatic heterocycles. The fraction of sp³-hybridized carbons (Fsp3) is 0.462. The van der Waals surface area contributed by atoms with E-state index in [1.807, 2.05) is 24.3 Å². The maximum atomic E-state index is 11.4. The summed E-state index contributed by atoms with van der Waals surface area (Å²) < 4.78 is 32.8. The van der Waals surface area contributed by atoms with Gasteiger partial charge in [0.15, 0.2) is 0 Å². The van der Waals surface area contributed by atoms with Gasteiger partial charge in [-0.05, 0) is 23.3 Å². The van der Waals surface area contributed by atoms with Crippen LogP contribution in [0, 0.1) is 0 Å². The van der Waals surface area contributed by atoms with E-state index in [0.29, 0.717) is 0 Å². The molecule has 0 aliphatic carbocycles. The molecule has 10 heteroatoms. The molecular weight excluding hydrogens is 472 g/mol. The fourth-order valence-corrected chi connectivity index (χ4v) is 3.83. The molecule has 0 bridgehead atoms. The molecule has 0 saturated heterocycles. The summed E-state index contributed by atoms with van der Waals surface area (Å²) in [5, 5.41) is 0. The predicted molar refractivity (Wildman–Crippen MR) is 124 cm³/mol. The maximum Gasteiger partial charge on any atom is 0.303 e. The van der Waals surface area contributed by atoms with Gasteiger partial charge in [0.1, 0.15) is 49.8 Å². The van der Waals surface area contributed by atoms with Crippen molar-refractivity contribution in [3.63, 3.8) is 0 Å². The molecule has 2 aliphatic rings. The highest BCUT2D eigenvalue weighted by molar-refractivity contribution is 5.67. The Morgan fingerprint density at radius 2 is 0.972 bits per heavy atom. The molecule has 0 amide bonds. The molecule has 3 rings (SSSR count). The van der Waals surface area contributed by atoms with E-state index in [1.165, 1.54) is 27.7 Å². The van der Waals surface area contributed by atoms with E-state index in [-0.39, 0.29) is 13.2 Å². The first-order chi connectivity index (χ1) is 17.1. The molecule has 2 heterocycles. The zero-order valence-corrected chi connectivity index (χ0v) is 20.6. The lowest BCUT2D eigenvalue weighted by molar-refractivity contribution is -0.165. The van der Waals surface area contributed by atoms with Crippen LogP contribution in [0.25, 0.3) is 0 Å². The smallest absolute Gasteiger partial charge is 0.303 e. The van der Waals surface area contributed by atoms with Crippen molar-refractivity contribution in [2.24, 2.45) is 0 Å². The molecule has 0 saturated carbocycles. The molecule has 36 heavy (non-hydrogen) atoms. The van der Waals surface area contributed by atoms with E-state index >= 15 is 0 Å². The molecule has 0 N–H and O–H groups in total. The second-order valence-corrected chi connectivity index (χ2v) is 8.38. The third-order valence-electron chi connectivity index (χ3n) is 5.43. The van der Waals surface area contributed by atoms with Crippen LogP contribution < -0.4 is 0 Å². The summed E-state index contributed by atoms with van der Waals surface area (Å²) in [7, 11) is 0. The van der Waals surface area contributed by atoms with Crippen LogP contribution in [0.5, 0.6) is 0 Å². The first-order valence-electron chi connectivity index (χ1n) is 11.5. The summed E-state index contributed by atoms with van der Waals surface area (Å²) in [6, 6.07) is 7.48. The average Bonchev–Trinajstić information content (AvgIpc) is 2.82. The summed E-state index contributed by atoms with van der Waals surface area (Å²) in [6.45, 7) is 5.08. The van der Waals surface area contributed by atoms with Gasteiger partial charge in [-0.25, -0.2) is 0 Å². The Hall–Kier alpha value is -3.50. The van der Waals surface area contributed by atoms with Crippen LogP contribution >= 0.6 is 0 Å². The summed E-state index contributed by atoms with van der Waals surface area (Å²) in [6.07, 6.45) is 3.47. The van der Waals surface area contributed by atoms with Crippen molar-refractivity contribution in [2.75, 3.05) is 13.2 Å². The first-order valence-corrected chi connectivity index (χ1v) is 11.5. The second kappa shape index (κ2) is 12.5. The lowest BCUT2D eigenvalue weighted by atomic mass is 9.98. The van der Waals surface area contributed by atoms with Crippen LogP contribution in [0.2, 0.25) is 0 Å². The molecule has 194 valence electrons. The van der Waals surface area contributed by atoms with Gasteiger partial charge < -0.3 is 28.4 Å². The average molecular weight is 503 g/mol. The molecule has 0 spiro atoms. The lowest BCUT2D eigenvalue weighted by Gasteiger charge is -2.32. The van der Waals surface area contributed by atoms with E-state index in [4.69, 9.17) is 28.4 Å². The lowest BCUT2D eigenvalue weighted by Crippen LogP contribution is -2.39. The summed E-state index contributed by atoms with van der Waals surface area (Å²) in [5.74, 6) is -1.85. The first kappa shape index (κ1) is 27.1. The van der Waals surface area contributed by atoms with Crippen molar-refractivity contribution in [1.29, 1.82) is 0 Å². The van der Waals surface area contributed by atoms with Gasteiger partial charge in [0.2, 0.25) is 0 Å². The highest BCUT2D eigenvalue weighted by atomic mass is 16.6. The normalized spacial score (nSPS) is 27.1. The molecule has 0 fully saturated rings. The van der Waals surface area contributed by atoms with Gasteiger partial charge in [-0.1, -0.05) is 36.4 Å². The minimum atomic E-state index is -0.669. The van der Waals surface area contributed by atoms with Crippen LogP contribution in [-0.4, -0.2) is 61.5 Å². The quantitative estimate of drug-likeness (QED) is 0.298. The van der Waals surface area contributed by atoms with Crippen molar-refractivity contribution in [1.82, 2.24) is 0 Å². The highest BCUT2D eigenvalue weighted by Crippen LogP contribution is 2.32. The van der Waals surface area contributed by atoms with E-state index < -0.39 is 60.5 Å². The molecule has 1 aromatic rings. The number of ether oxygens (including phenoxy) is 6. The third-order valence-corrected chi connectivity index (χ3v) is 5.43. The molecule has 0 radical (unpaired) electrons. The Balaban J connectivity index is 1.72. The number of carbonyl (C=O) groups excluding carboxylic acids is 4. The standard InChI is InChI=1S/C26H30O10/c1-15(27)31-13-25-23(33-17(3)29)11-9-21(35-25)19-5-7-20(8-6-19)22-10-12-24(34-18(4)30)26(36-22)14-32-16(2)28/h5-12,21-26H,13-14H2,1-4H3/t21-,22-,23-,24-,25+,26+/m0/s1. The number of hydrogen-bond donors (Lipinski definition) is 0. The molecule has 0 aromatic heterocycles. The topological polar surface area (TPSA) is 124 Å². The van der Waals surface area contributed by atoms with Crippen molar-refractivity contribution >= 4 is 23.9 Å². The van der Waals surface area contributed by atoms with Gasteiger partial charge in [0.05, 0.1) is 0 Å². The van der Waals surface area contributed by atoms with E-state index in [2.05, 4.69) is 0 Å². The van der Waals surface area contributed by atoms with E-state index in [9.17, 15) is 19.2 Å². The second-order valence-electron chi connectivity index (χ2n) is 8.38. The fourth-order valence-electron chi connectivity index (χ4n) is 3.83. The highest BCUT2D eigenvalue weighted by Gasteiger charge is 2.33.